The molecule has 0 aromatic heterocycles. The van der Waals surface area contributed by atoms with E-state index in [0.717, 1.165) is 38.3 Å². The molecule has 2 aliphatic rings. The monoisotopic (exact) mass is 480 g/mol. The Hall–Kier alpha value is -3.26. The number of nitrogens with zero attached hydrogens (tertiary/aromatic N) is 3. The second kappa shape index (κ2) is 11.4. The molecule has 0 saturated carbocycles. The number of ether oxygens (including phenoxy) is 2. The quantitative estimate of drug-likeness (QED) is 0.586. The molecule has 8 heteroatoms. The summed E-state index contributed by atoms with van der Waals surface area (Å²) in [6, 6.07) is 11.2. The Bertz CT molecular complexity index is 1030. The van der Waals surface area contributed by atoms with Crippen LogP contribution in [0.1, 0.15) is 34.3 Å². The summed E-state index contributed by atoms with van der Waals surface area (Å²) in [5, 5.41) is 2.90. The number of carbonyl (C=O) groups excluding carboxylic acids is 2. The zero-order chi connectivity index (χ0) is 24.8. The second-order valence-electron chi connectivity index (χ2n) is 9.19. The number of fused-ring (bicyclic) bond motifs is 1. The van der Waals surface area contributed by atoms with Gasteiger partial charge in [-0.1, -0.05) is 0 Å². The molecule has 2 aliphatic heterocycles. The average Bonchev–Trinajstić information content (AvgIpc) is 2.90. The Morgan fingerprint density at radius 1 is 0.914 bits per heavy atom. The Balaban J connectivity index is 1.33. The van der Waals surface area contributed by atoms with Crippen LogP contribution in [-0.2, 0) is 17.8 Å². The van der Waals surface area contributed by atoms with Crippen LogP contribution >= 0.6 is 0 Å². The fourth-order valence-electron chi connectivity index (χ4n) is 4.82. The fraction of sp³-hybridized carbons (Fsp3) is 0.481. The highest BCUT2D eigenvalue weighted by atomic mass is 16.5. The van der Waals surface area contributed by atoms with Crippen LogP contribution in [0.4, 0.5) is 5.69 Å². The molecule has 35 heavy (non-hydrogen) atoms. The third kappa shape index (κ3) is 5.88. The lowest BCUT2D eigenvalue weighted by molar-refractivity contribution is -0.132. The largest absolute Gasteiger partial charge is 0.497 e. The zero-order valence-electron chi connectivity index (χ0n) is 21.0. The number of nitrogens with one attached hydrogen (secondary N) is 1. The molecule has 0 radical (unpaired) electrons. The van der Waals surface area contributed by atoms with Gasteiger partial charge in [0.2, 0.25) is 5.91 Å². The molecule has 1 saturated heterocycles. The van der Waals surface area contributed by atoms with Crippen molar-refractivity contribution < 1.29 is 19.1 Å². The van der Waals surface area contributed by atoms with Crippen LogP contribution in [0.25, 0.3) is 0 Å². The van der Waals surface area contributed by atoms with Gasteiger partial charge in [0.15, 0.2) is 0 Å². The lowest BCUT2D eigenvalue weighted by atomic mass is 9.95. The van der Waals surface area contributed by atoms with Gasteiger partial charge in [0.05, 0.1) is 14.2 Å². The number of likely N-dealkylation sites (N-methyl/N-ethyl adjacent to an activating group) is 1. The number of benzene rings is 2. The first-order valence-corrected chi connectivity index (χ1v) is 12.3. The molecular weight excluding hydrogens is 444 g/mol. The van der Waals surface area contributed by atoms with Crippen LogP contribution in [0.5, 0.6) is 11.5 Å². The molecule has 188 valence electrons. The molecule has 1 fully saturated rings. The summed E-state index contributed by atoms with van der Waals surface area (Å²) in [5.41, 5.74) is 4.23. The van der Waals surface area contributed by atoms with Gasteiger partial charge >= 0.3 is 0 Å². The zero-order valence-corrected chi connectivity index (χ0v) is 21.0. The van der Waals surface area contributed by atoms with Crippen molar-refractivity contribution in [3.8, 4) is 11.5 Å². The summed E-state index contributed by atoms with van der Waals surface area (Å²) in [4.78, 5) is 32.1. The average molecular weight is 481 g/mol. The standard InChI is InChI=1S/C27H36N4O4/c1-29-15-17-30(18-16-29)24-10-11-25(35-3)22-12-14-31(19-23(22)24)26(32)5-4-13-28-27(33)20-6-8-21(34-2)9-7-20/h6-11H,4-5,12-19H2,1-3H3,(H,28,33). The Kier molecular flexibility index (Phi) is 8.13. The van der Waals surface area contributed by atoms with Gasteiger partial charge in [-0.15, -0.1) is 0 Å². The summed E-state index contributed by atoms with van der Waals surface area (Å²) in [5.74, 6) is 1.60. The van der Waals surface area contributed by atoms with E-state index in [1.54, 1.807) is 38.5 Å². The van der Waals surface area contributed by atoms with Crippen molar-refractivity contribution in [2.45, 2.75) is 25.8 Å². The highest BCUT2D eigenvalue weighted by Crippen LogP contribution is 2.36. The summed E-state index contributed by atoms with van der Waals surface area (Å²) < 4.78 is 10.8. The van der Waals surface area contributed by atoms with Crippen molar-refractivity contribution in [1.29, 1.82) is 0 Å². The number of anilines is 1. The van der Waals surface area contributed by atoms with Gasteiger partial charge in [-0.05, 0) is 56.3 Å². The summed E-state index contributed by atoms with van der Waals surface area (Å²) in [6.45, 7) is 5.78. The van der Waals surface area contributed by atoms with Gasteiger partial charge in [-0.25, -0.2) is 0 Å². The van der Waals surface area contributed by atoms with E-state index in [1.807, 2.05) is 4.90 Å². The van der Waals surface area contributed by atoms with E-state index in [0.29, 0.717) is 43.8 Å². The molecule has 2 aromatic carbocycles. The van der Waals surface area contributed by atoms with Crippen LogP contribution in [0.2, 0.25) is 0 Å². The van der Waals surface area contributed by atoms with E-state index < -0.39 is 0 Å². The number of amides is 2. The molecule has 0 aliphatic carbocycles. The fourth-order valence-corrected chi connectivity index (χ4v) is 4.82. The summed E-state index contributed by atoms with van der Waals surface area (Å²) in [7, 11) is 5.46. The van der Waals surface area contributed by atoms with E-state index in [-0.39, 0.29) is 11.8 Å². The maximum Gasteiger partial charge on any atom is 0.251 e. The lowest BCUT2D eigenvalue weighted by Crippen LogP contribution is -2.45. The molecule has 0 spiro atoms. The van der Waals surface area contributed by atoms with Crippen LogP contribution in [0, 0.1) is 0 Å². The molecule has 0 bridgehead atoms. The number of rotatable bonds is 8. The molecule has 8 nitrogen and oxygen atoms in total. The van der Waals surface area contributed by atoms with Crippen molar-refractivity contribution in [3.05, 3.63) is 53.1 Å². The van der Waals surface area contributed by atoms with E-state index in [4.69, 9.17) is 9.47 Å². The molecule has 0 unspecified atom stereocenters. The maximum atomic E-state index is 13.0. The molecular formula is C27H36N4O4. The first kappa shape index (κ1) is 24.9. The van der Waals surface area contributed by atoms with Crippen LogP contribution in [-0.4, -0.2) is 82.1 Å². The van der Waals surface area contributed by atoms with Gasteiger partial charge in [-0.3, -0.25) is 9.59 Å². The number of carbonyl (C=O) groups is 2. The van der Waals surface area contributed by atoms with E-state index >= 15 is 0 Å². The van der Waals surface area contributed by atoms with Gasteiger partial charge in [-0.2, -0.15) is 0 Å². The third-order valence-electron chi connectivity index (χ3n) is 6.97. The molecule has 0 atom stereocenters. The Morgan fingerprint density at radius 2 is 1.66 bits per heavy atom. The number of hydrogen-bond acceptors (Lipinski definition) is 6. The first-order valence-electron chi connectivity index (χ1n) is 12.3. The predicted octanol–water partition coefficient (Wildman–Crippen LogP) is 2.55. The van der Waals surface area contributed by atoms with Crippen molar-refractivity contribution in [2.75, 3.05) is 65.4 Å². The van der Waals surface area contributed by atoms with Gasteiger partial charge < -0.3 is 29.5 Å². The predicted molar refractivity (Wildman–Crippen MR) is 136 cm³/mol. The highest BCUT2D eigenvalue weighted by molar-refractivity contribution is 5.94. The normalized spacial score (nSPS) is 16.0. The number of hydrogen-bond donors (Lipinski definition) is 1. The van der Waals surface area contributed by atoms with Gasteiger partial charge in [0.25, 0.3) is 5.91 Å². The van der Waals surface area contributed by atoms with Crippen molar-refractivity contribution in [3.63, 3.8) is 0 Å². The van der Waals surface area contributed by atoms with Crippen LogP contribution < -0.4 is 19.7 Å². The summed E-state index contributed by atoms with van der Waals surface area (Å²) >= 11 is 0. The SMILES string of the molecule is COc1ccc(C(=O)NCCCC(=O)N2CCc3c(OC)ccc(N4CCN(C)CC4)c3C2)cc1. The second-order valence-corrected chi connectivity index (χ2v) is 9.19. The minimum atomic E-state index is -0.143. The molecule has 4 rings (SSSR count). The van der Waals surface area contributed by atoms with E-state index in [9.17, 15) is 9.59 Å². The Labute approximate surface area is 207 Å². The van der Waals surface area contributed by atoms with Crippen LogP contribution in [0.3, 0.4) is 0 Å². The first-order chi connectivity index (χ1) is 17.0. The molecule has 2 aromatic rings. The van der Waals surface area contributed by atoms with Crippen molar-refractivity contribution in [2.24, 2.45) is 0 Å². The van der Waals surface area contributed by atoms with E-state index in [1.165, 1.54) is 16.8 Å². The lowest BCUT2D eigenvalue weighted by Gasteiger charge is -2.38. The van der Waals surface area contributed by atoms with Crippen LogP contribution in [0.15, 0.2) is 36.4 Å². The molecule has 2 amide bonds. The topological polar surface area (TPSA) is 74.3 Å². The molecule has 1 N–H and O–H groups in total. The minimum absolute atomic E-state index is 0.126. The van der Waals surface area contributed by atoms with Gasteiger partial charge in [0, 0.05) is 74.6 Å². The Morgan fingerprint density at radius 3 is 2.34 bits per heavy atom. The minimum Gasteiger partial charge on any atom is -0.497 e. The smallest absolute Gasteiger partial charge is 0.251 e. The molecule has 2 heterocycles. The van der Waals surface area contributed by atoms with Crippen molar-refractivity contribution in [1.82, 2.24) is 15.1 Å². The summed E-state index contributed by atoms with van der Waals surface area (Å²) in [6.07, 6.45) is 1.81. The third-order valence-corrected chi connectivity index (χ3v) is 6.97. The number of piperazine rings is 1. The maximum absolute atomic E-state index is 13.0. The van der Waals surface area contributed by atoms with Crippen molar-refractivity contribution >= 4 is 17.5 Å². The number of methoxy groups -OCH3 is 2. The van der Waals surface area contributed by atoms with E-state index in [2.05, 4.69) is 34.3 Å². The van der Waals surface area contributed by atoms with Gasteiger partial charge in [0.1, 0.15) is 11.5 Å². The highest BCUT2D eigenvalue weighted by Gasteiger charge is 2.27.